The van der Waals surface area contributed by atoms with Crippen LogP contribution in [0.4, 0.5) is 0 Å². The van der Waals surface area contributed by atoms with E-state index in [1.54, 1.807) is 40.0 Å². The summed E-state index contributed by atoms with van der Waals surface area (Å²) in [5, 5.41) is 0. The van der Waals surface area contributed by atoms with Crippen LogP contribution in [0, 0.1) is 5.92 Å². The molecule has 28 heavy (non-hydrogen) atoms. The van der Waals surface area contributed by atoms with Gasteiger partial charge in [-0.2, -0.15) is 0 Å². The molecule has 0 spiro atoms. The van der Waals surface area contributed by atoms with Crippen molar-refractivity contribution in [3.05, 3.63) is 23.8 Å². The van der Waals surface area contributed by atoms with Crippen molar-refractivity contribution in [2.75, 3.05) is 53.5 Å². The molecule has 1 unspecified atom stereocenters. The standard InChI is InChI=1S/C20H27N3O5/c1-4-21-13-15(12-18(21)24)20(26)23-9-7-22(8-10-23)19(25)14-5-6-16(27-2)17(11-14)28-3/h5-6,11,15H,4,7-10,12-13H2,1-3H3. The van der Waals surface area contributed by atoms with E-state index in [4.69, 9.17) is 9.47 Å². The molecule has 0 radical (unpaired) electrons. The molecule has 2 aliphatic rings. The van der Waals surface area contributed by atoms with Crippen molar-refractivity contribution in [2.24, 2.45) is 5.92 Å². The van der Waals surface area contributed by atoms with Crippen molar-refractivity contribution < 1.29 is 23.9 Å². The Morgan fingerprint density at radius 1 is 1.04 bits per heavy atom. The van der Waals surface area contributed by atoms with Crippen LogP contribution in [0.2, 0.25) is 0 Å². The molecule has 8 heteroatoms. The van der Waals surface area contributed by atoms with Crippen molar-refractivity contribution in [3.8, 4) is 11.5 Å². The molecule has 0 aromatic heterocycles. The van der Waals surface area contributed by atoms with Crippen LogP contribution in [-0.4, -0.2) is 85.9 Å². The Morgan fingerprint density at radius 2 is 1.68 bits per heavy atom. The molecule has 0 saturated carbocycles. The van der Waals surface area contributed by atoms with E-state index in [0.717, 1.165) is 0 Å². The molecule has 2 aliphatic heterocycles. The molecule has 152 valence electrons. The van der Waals surface area contributed by atoms with E-state index < -0.39 is 0 Å². The van der Waals surface area contributed by atoms with Crippen LogP contribution in [0.1, 0.15) is 23.7 Å². The molecule has 0 aliphatic carbocycles. The molecule has 1 aromatic carbocycles. The fourth-order valence-corrected chi connectivity index (χ4v) is 3.78. The predicted molar refractivity (Wildman–Crippen MR) is 102 cm³/mol. The van der Waals surface area contributed by atoms with Crippen LogP contribution in [0.5, 0.6) is 11.5 Å². The summed E-state index contributed by atoms with van der Waals surface area (Å²) in [7, 11) is 3.08. The van der Waals surface area contributed by atoms with Crippen molar-refractivity contribution >= 4 is 17.7 Å². The summed E-state index contributed by atoms with van der Waals surface area (Å²) in [6.07, 6.45) is 0.289. The minimum absolute atomic E-state index is 0.0162. The molecule has 2 heterocycles. The maximum absolute atomic E-state index is 12.8. The SMILES string of the molecule is CCN1CC(C(=O)N2CCN(C(=O)c3ccc(OC)c(OC)c3)CC2)CC1=O. The van der Waals surface area contributed by atoms with E-state index >= 15 is 0 Å². The molecule has 0 N–H and O–H groups in total. The van der Waals surface area contributed by atoms with Crippen molar-refractivity contribution in [1.82, 2.24) is 14.7 Å². The number of amides is 3. The smallest absolute Gasteiger partial charge is 0.254 e. The largest absolute Gasteiger partial charge is 0.493 e. The maximum atomic E-state index is 12.8. The summed E-state index contributed by atoms with van der Waals surface area (Å²) in [5.74, 6) is 0.780. The van der Waals surface area contributed by atoms with Crippen LogP contribution in [0.3, 0.4) is 0 Å². The van der Waals surface area contributed by atoms with E-state index in [9.17, 15) is 14.4 Å². The van der Waals surface area contributed by atoms with Crippen LogP contribution < -0.4 is 9.47 Å². The number of hydrogen-bond donors (Lipinski definition) is 0. The lowest BCUT2D eigenvalue weighted by Crippen LogP contribution is -2.52. The minimum Gasteiger partial charge on any atom is -0.493 e. The number of carbonyl (C=O) groups excluding carboxylic acids is 3. The summed E-state index contributed by atoms with van der Waals surface area (Å²) < 4.78 is 10.5. The second-order valence-electron chi connectivity index (χ2n) is 7.02. The first kappa shape index (κ1) is 20.0. The molecule has 1 atom stereocenters. The fraction of sp³-hybridized carbons (Fsp3) is 0.550. The molecule has 0 bridgehead atoms. The highest BCUT2D eigenvalue weighted by molar-refractivity contribution is 5.95. The average molecular weight is 389 g/mol. The van der Waals surface area contributed by atoms with Crippen LogP contribution in [0.15, 0.2) is 18.2 Å². The van der Waals surface area contributed by atoms with E-state index in [0.29, 0.717) is 56.3 Å². The third kappa shape index (κ3) is 3.90. The van der Waals surface area contributed by atoms with E-state index in [1.165, 1.54) is 7.11 Å². The Balaban J connectivity index is 1.58. The molecule has 8 nitrogen and oxygen atoms in total. The first-order valence-electron chi connectivity index (χ1n) is 9.56. The van der Waals surface area contributed by atoms with Gasteiger partial charge in [-0.15, -0.1) is 0 Å². The van der Waals surface area contributed by atoms with Crippen molar-refractivity contribution in [1.29, 1.82) is 0 Å². The highest BCUT2D eigenvalue weighted by Gasteiger charge is 2.37. The lowest BCUT2D eigenvalue weighted by Gasteiger charge is -2.36. The summed E-state index contributed by atoms with van der Waals surface area (Å²) in [4.78, 5) is 42.6. The third-order valence-electron chi connectivity index (χ3n) is 5.45. The van der Waals surface area contributed by atoms with E-state index in [2.05, 4.69) is 0 Å². The Kier molecular flexibility index (Phi) is 6.06. The number of methoxy groups -OCH3 is 2. The Bertz CT molecular complexity index is 758. The minimum atomic E-state index is -0.263. The number of piperazine rings is 1. The second-order valence-corrected chi connectivity index (χ2v) is 7.02. The van der Waals surface area contributed by atoms with Gasteiger partial charge in [0, 0.05) is 51.3 Å². The zero-order valence-corrected chi connectivity index (χ0v) is 16.6. The highest BCUT2D eigenvalue weighted by Crippen LogP contribution is 2.28. The Morgan fingerprint density at radius 3 is 2.25 bits per heavy atom. The van der Waals surface area contributed by atoms with E-state index in [1.807, 2.05) is 6.92 Å². The lowest BCUT2D eigenvalue weighted by atomic mass is 10.1. The summed E-state index contributed by atoms with van der Waals surface area (Å²) >= 11 is 0. The van der Waals surface area contributed by atoms with Gasteiger partial charge in [-0.25, -0.2) is 0 Å². The van der Waals surface area contributed by atoms with Gasteiger partial charge in [-0.05, 0) is 25.1 Å². The first-order valence-corrected chi connectivity index (χ1v) is 9.56. The molecule has 2 saturated heterocycles. The van der Waals surface area contributed by atoms with E-state index in [-0.39, 0.29) is 30.1 Å². The number of ether oxygens (including phenoxy) is 2. The highest BCUT2D eigenvalue weighted by atomic mass is 16.5. The Hall–Kier alpha value is -2.77. The van der Waals surface area contributed by atoms with Gasteiger partial charge in [0.15, 0.2) is 11.5 Å². The number of rotatable bonds is 5. The van der Waals surface area contributed by atoms with Gasteiger partial charge in [-0.1, -0.05) is 0 Å². The zero-order valence-electron chi connectivity index (χ0n) is 16.6. The molecular weight excluding hydrogens is 362 g/mol. The molecule has 3 rings (SSSR count). The van der Waals surface area contributed by atoms with Gasteiger partial charge in [0.05, 0.1) is 20.1 Å². The van der Waals surface area contributed by atoms with Crippen molar-refractivity contribution in [3.63, 3.8) is 0 Å². The monoisotopic (exact) mass is 389 g/mol. The quantitative estimate of drug-likeness (QED) is 0.746. The Labute approximate surface area is 165 Å². The second kappa shape index (κ2) is 8.50. The van der Waals surface area contributed by atoms with Gasteiger partial charge in [0.1, 0.15) is 0 Å². The number of carbonyl (C=O) groups is 3. The van der Waals surface area contributed by atoms with Crippen LogP contribution >= 0.6 is 0 Å². The molecule has 2 fully saturated rings. The lowest BCUT2D eigenvalue weighted by molar-refractivity contribution is -0.137. The van der Waals surface area contributed by atoms with Gasteiger partial charge in [-0.3, -0.25) is 14.4 Å². The molecule has 1 aromatic rings. The average Bonchev–Trinajstić information content (AvgIpc) is 3.12. The van der Waals surface area contributed by atoms with Crippen LogP contribution in [0.25, 0.3) is 0 Å². The zero-order chi connectivity index (χ0) is 20.3. The third-order valence-corrected chi connectivity index (χ3v) is 5.45. The number of nitrogens with zero attached hydrogens (tertiary/aromatic N) is 3. The fourth-order valence-electron chi connectivity index (χ4n) is 3.78. The maximum Gasteiger partial charge on any atom is 0.254 e. The van der Waals surface area contributed by atoms with Gasteiger partial charge in [0.25, 0.3) is 5.91 Å². The summed E-state index contributed by atoms with van der Waals surface area (Å²) in [6.45, 7) is 4.95. The molecule has 3 amide bonds. The van der Waals surface area contributed by atoms with Crippen LogP contribution in [-0.2, 0) is 9.59 Å². The number of benzene rings is 1. The topological polar surface area (TPSA) is 79.4 Å². The first-order chi connectivity index (χ1) is 13.5. The predicted octanol–water partition coefficient (Wildman–Crippen LogP) is 0.857. The number of likely N-dealkylation sites (tertiary alicyclic amines) is 1. The van der Waals surface area contributed by atoms with Crippen molar-refractivity contribution in [2.45, 2.75) is 13.3 Å². The molecular formula is C20H27N3O5. The normalized spacial score (nSPS) is 19.8. The van der Waals surface area contributed by atoms with Gasteiger partial charge < -0.3 is 24.2 Å². The summed E-state index contributed by atoms with van der Waals surface area (Å²) in [5.41, 5.74) is 0.525. The van der Waals surface area contributed by atoms with Gasteiger partial charge in [0.2, 0.25) is 11.8 Å². The van der Waals surface area contributed by atoms with Gasteiger partial charge >= 0.3 is 0 Å². The number of hydrogen-bond acceptors (Lipinski definition) is 5. The summed E-state index contributed by atoms with van der Waals surface area (Å²) in [6, 6.07) is 5.09.